The highest BCUT2D eigenvalue weighted by molar-refractivity contribution is 5.47. The SMILES string of the molecule is COc1ccc(C#N)cc1CNc1ccc(F)cc1. The molecular formula is C15H13FN2O. The van der Waals surface area contributed by atoms with Gasteiger partial charge in [-0.25, -0.2) is 4.39 Å². The summed E-state index contributed by atoms with van der Waals surface area (Å²) in [5, 5.41) is 12.0. The minimum absolute atomic E-state index is 0.269. The largest absolute Gasteiger partial charge is 0.496 e. The topological polar surface area (TPSA) is 45.0 Å². The van der Waals surface area contributed by atoms with Crippen molar-refractivity contribution in [3.8, 4) is 11.8 Å². The van der Waals surface area contributed by atoms with Crippen LogP contribution >= 0.6 is 0 Å². The van der Waals surface area contributed by atoms with Crippen LogP contribution in [0.25, 0.3) is 0 Å². The first-order chi connectivity index (χ1) is 9.22. The van der Waals surface area contributed by atoms with Crippen molar-refractivity contribution in [2.75, 3.05) is 12.4 Å². The summed E-state index contributed by atoms with van der Waals surface area (Å²) in [5.41, 5.74) is 2.27. The molecule has 96 valence electrons. The van der Waals surface area contributed by atoms with Gasteiger partial charge in [-0.2, -0.15) is 5.26 Å². The van der Waals surface area contributed by atoms with Crippen molar-refractivity contribution in [3.05, 3.63) is 59.4 Å². The third kappa shape index (κ3) is 3.23. The molecule has 0 amide bonds. The summed E-state index contributed by atoms with van der Waals surface area (Å²) in [6.07, 6.45) is 0. The summed E-state index contributed by atoms with van der Waals surface area (Å²) in [5.74, 6) is 0.447. The number of halogens is 1. The number of ether oxygens (including phenoxy) is 1. The molecule has 0 aromatic heterocycles. The van der Waals surface area contributed by atoms with E-state index in [0.29, 0.717) is 17.9 Å². The Kier molecular flexibility index (Phi) is 3.99. The Bertz CT molecular complexity index is 603. The number of hydrogen-bond acceptors (Lipinski definition) is 3. The quantitative estimate of drug-likeness (QED) is 0.912. The van der Waals surface area contributed by atoms with Crippen LogP contribution in [0.3, 0.4) is 0 Å². The summed E-state index contributed by atoms with van der Waals surface area (Å²) in [6, 6.07) is 13.5. The molecule has 0 atom stereocenters. The van der Waals surface area contributed by atoms with Crippen LogP contribution in [0.15, 0.2) is 42.5 Å². The van der Waals surface area contributed by atoms with Crippen molar-refractivity contribution in [1.82, 2.24) is 0 Å². The number of hydrogen-bond donors (Lipinski definition) is 1. The minimum atomic E-state index is -0.269. The molecule has 0 radical (unpaired) electrons. The van der Waals surface area contributed by atoms with Crippen LogP contribution in [-0.2, 0) is 6.54 Å². The Hall–Kier alpha value is -2.54. The average Bonchev–Trinajstić information content (AvgIpc) is 2.46. The van der Waals surface area contributed by atoms with Gasteiger partial charge in [-0.1, -0.05) is 0 Å². The summed E-state index contributed by atoms with van der Waals surface area (Å²) in [6.45, 7) is 0.504. The van der Waals surface area contributed by atoms with E-state index in [9.17, 15) is 4.39 Å². The number of rotatable bonds is 4. The number of methoxy groups -OCH3 is 1. The van der Waals surface area contributed by atoms with Gasteiger partial charge in [0.15, 0.2) is 0 Å². The van der Waals surface area contributed by atoms with Gasteiger partial charge in [0, 0.05) is 17.8 Å². The van der Waals surface area contributed by atoms with E-state index < -0.39 is 0 Å². The third-order valence-electron chi connectivity index (χ3n) is 2.74. The second kappa shape index (κ2) is 5.87. The molecule has 0 aliphatic carbocycles. The van der Waals surface area contributed by atoms with Crippen molar-refractivity contribution < 1.29 is 9.13 Å². The van der Waals surface area contributed by atoms with E-state index in [4.69, 9.17) is 10.00 Å². The van der Waals surface area contributed by atoms with Crippen LogP contribution < -0.4 is 10.1 Å². The fourth-order valence-corrected chi connectivity index (χ4v) is 1.75. The predicted molar refractivity (Wildman–Crippen MR) is 71.4 cm³/mol. The van der Waals surface area contributed by atoms with Gasteiger partial charge in [-0.05, 0) is 42.5 Å². The highest BCUT2D eigenvalue weighted by Crippen LogP contribution is 2.21. The van der Waals surface area contributed by atoms with Crippen molar-refractivity contribution in [1.29, 1.82) is 5.26 Å². The Morgan fingerprint density at radius 3 is 2.58 bits per heavy atom. The predicted octanol–water partition coefficient (Wildman–Crippen LogP) is 3.32. The summed E-state index contributed by atoms with van der Waals surface area (Å²) in [7, 11) is 1.59. The summed E-state index contributed by atoms with van der Waals surface area (Å²) < 4.78 is 18.0. The van der Waals surface area contributed by atoms with Gasteiger partial charge in [-0.3, -0.25) is 0 Å². The lowest BCUT2D eigenvalue weighted by Crippen LogP contribution is -2.02. The Morgan fingerprint density at radius 1 is 1.21 bits per heavy atom. The average molecular weight is 256 g/mol. The van der Waals surface area contributed by atoms with Gasteiger partial charge in [0.25, 0.3) is 0 Å². The molecule has 0 bridgehead atoms. The Morgan fingerprint density at radius 2 is 1.95 bits per heavy atom. The number of nitrogens with zero attached hydrogens (tertiary/aromatic N) is 1. The molecule has 0 unspecified atom stereocenters. The first kappa shape index (κ1) is 12.9. The molecule has 0 heterocycles. The van der Waals surface area contributed by atoms with E-state index in [1.165, 1.54) is 12.1 Å². The molecule has 0 spiro atoms. The van der Waals surface area contributed by atoms with Crippen LogP contribution in [-0.4, -0.2) is 7.11 Å². The molecule has 0 aliphatic rings. The third-order valence-corrected chi connectivity index (χ3v) is 2.74. The number of benzene rings is 2. The van der Waals surface area contributed by atoms with Gasteiger partial charge in [0.05, 0.1) is 18.7 Å². The monoisotopic (exact) mass is 256 g/mol. The molecule has 2 aromatic carbocycles. The summed E-state index contributed by atoms with van der Waals surface area (Å²) in [4.78, 5) is 0. The van der Waals surface area contributed by atoms with E-state index >= 15 is 0 Å². The van der Waals surface area contributed by atoms with Crippen molar-refractivity contribution in [3.63, 3.8) is 0 Å². The maximum Gasteiger partial charge on any atom is 0.123 e. The van der Waals surface area contributed by atoms with Crippen molar-refractivity contribution >= 4 is 5.69 Å². The van der Waals surface area contributed by atoms with Gasteiger partial charge >= 0.3 is 0 Å². The number of nitriles is 1. The highest BCUT2D eigenvalue weighted by atomic mass is 19.1. The molecule has 0 fully saturated rings. The lowest BCUT2D eigenvalue weighted by atomic mass is 10.1. The van der Waals surface area contributed by atoms with Crippen LogP contribution in [0.5, 0.6) is 5.75 Å². The molecule has 2 rings (SSSR count). The van der Waals surface area contributed by atoms with Gasteiger partial charge < -0.3 is 10.1 Å². The Balaban J connectivity index is 2.14. The van der Waals surface area contributed by atoms with Crippen LogP contribution in [0.1, 0.15) is 11.1 Å². The van der Waals surface area contributed by atoms with Crippen LogP contribution in [0, 0.1) is 17.1 Å². The van der Waals surface area contributed by atoms with Crippen molar-refractivity contribution in [2.45, 2.75) is 6.54 Å². The number of anilines is 1. The highest BCUT2D eigenvalue weighted by Gasteiger charge is 2.04. The second-order valence-corrected chi connectivity index (χ2v) is 4.00. The molecule has 0 aliphatic heterocycles. The number of nitrogens with one attached hydrogen (secondary N) is 1. The maximum atomic E-state index is 12.8. The molecule has 4 heteroatoms. The zero-order valence-electron chi connectivity index (χ0n) is 10.5. The molecule has 1 N–H and O–H groups in total. The zero-order valence-corrected chi connectivity index (χ0v) is 10.5. The summed E-state index contributed by atoms with van der Waals surface area (Å²) >= 11 is 0. The first-order valence-electron chi connectivity index (χ1n) is 5.79. The molecule has 0 saturated heterocycles. The lowest BCUT2D eigenvalue weighted by Gasteiger charge is -2.11. The van der Waals surface area contributed by atoms with E-state index in [1.54, 1.807) is 37.4 Å². The molecular weight excluding hydrogens is 243 g/mol. The van der Waals surface area contributed by atoms with E-state index in [2.05, 4.69) is 11.4 Å². The van der Waals surface area contributed by atoms with Crippen LogP contribution in [0.4, 0.5) is 10.1 Å². The van der Waals surface area contributed by atoms with E-state index in [1.807, 2.05) is 0 Å². The Labute approximate surface area is 111 Å². The minimum Gasteiger partial charge on any atom is -0.496 e. The fourth-order valence-electron chi connectivity index (χ4n) is 1.75. The smallest absolute Gasteiger partial charge is 0.123 e. The second-order valence-electron chi connectivity index (χ2n) is 4.00. The van der Waals surface area contributed by atoms with Gasteiger partial charge in [-0.15, -0.1) is 0 Å². The van der Waals surface area contributed by atoms with Gasteiger partial charge in [0.1, 0.15) is 11.6 Å². The van der Waals surface area contributed by atoms with E-state index in [0.717, 1.165) is 11.3 Å². The standard InChI is InChI=1S/C15H13FN2O/c1-19-15-7-2-11(9-17)8-12(15)10-18-14-5-3-13(16)4-6-14/h2-8,18H,10H2,1H3. The fraction of sp³-hybridized carbons (Fsp3) is 0.133. The normalized spacial score (nSPS) is 9.74. The van der Waals surface area contributed by atoms with Gasteiger partial charge in [0.2, 0.25) is 0 Å². The lowest BCUT2D eigenvalue weighted by molar-refractivity contribution is 0.410. The van der Waals surface area contributed by atoms with Crippen LogP contribution in [0.2, 0.25) is 0 Å². The molecule has 19 heavy (non-hydrogen) atoms. The van der Waals surface area contributed by atoms with Crippen molar-refractivity contribution in [2.24, 2.45) is 0 Å². The molecule has 3 nitrogen and oxygen atoms in total. The zero-order chi connectivity index (χ0) is 13.7. The molecule has 0 saturated carbocycles. The first-order valence-corrected chi connectivity index (χ1v) is 5.79. The maximum absolute atomic E-state index is 12.8. The molecule has 2 aromatic rings. The van der Waals surface area contributed by atoms with E-state index in [-0.39, 0.29) is 5.82 Å².